The summed E-state index contributed by atoms with van der Waals surface area (Å²) in [6.45, 7) is 2.30. The fourth-order valence-corrected chi connectivity index (χ4v) is 3.60. The van der Waals surface area contributed by atoms with E-state index in [1.54, 1.807) is 0 Å². The second-order valence-electron chi connectivity index (χ2n) is 5.84. The van der Waals surface area contributed by atoms with E-state index < -0.39 is 0 Å². The van der Waals surface area contributed by atoms with Crippen molar-refractivity contribution in [3.8, 4) is 11.4 Å². The second-order valence-corrected chi connectivity index (χ2v) is 6.63. The first-order valence-electron chi connectivity index (χ1n) is 7.50. The van der Waals surface area contributed by atoms with E-state index in [0.29, 0.717) is 17.6 Å². The van der Waals surface area contributed by atoms with Gasteiger partial charge in [0.1, 0.15) is 0 Å². The van der Waals surface area contributed by atoms with E-state index >= 15 is 0 Å². The molecule has 0 bridgehead atoms. The van der Waals surface area contributed by atoms with Crippen molar-refractivity contribution in [1.82, 2.24) is 20.2 Å². The van der Waals surface area contributed by atoms with E-state index in [-0.39, 0.29) is 0 Å². The number of anilines is 1. The largest absolute Gasteiger partial charge is 0.398 e. The van der Waals surface area contributed by atoms with Crippen molar-refractivity contribution in [3.63, 3.8) is 0 Å². The second kappa shape index (κ2) is 6.13. The van der Waals surface area contributed by atoms with Crippen molar-refractivity contribution in [2.75, 3.05) is 5.73 Å². The predicted molar refractivity (Wildman–Crippen MR) is 86.7 cm³/mol. The van der Waals surface area contributed by atoms with Gasteiger partial charge < -0.3 is 5.73 Å². The highest BCUT2D eigenvalue weighted by atomic mass is 79.9. The van der Waals surface area contributed by atoms with Crippen LogP contribution in [0.2, 0.25) is 0 Å². The lowest BCUT2D eigenvalue weighted by Gasteiger charge is -2.22. The lowest BCUT2D eigenvalue weighted by molar-refractivity contribution is 0.306. The molecule has 1 fully saturated rings. The molecule has 6 heteroatoms. The number of nitrogens with two attached hydrogens (primary N) is 1. The van der Waals surface area contributed by atoms with Gasteiger partial charge in [0, 0.05) is 11.3 Å². The molecule has 0 amide bonds. The Morgan fingerprint density at radius 2 is 2.05 bits per heavy atom. The lowest BCUT2D eigenvalue weighted by atomic mass is 9.97. The summed E-state index contributed by atoms with van der Waals surface area (Å²) in [6, 6.07) is 6.18. The van der Waals surface area contributed by atoms with Gasteiger partial charge in [0.05, 0.1) is 10.5 Å². The Morgan fingerprint density at radius 1 is 1.24 bits per heavy atom. The van der Waals surface area contributed by atoms with Crippen LogP contribution in [-0.2, 0) is 0 Å². The molecule has 112 valence electrons. The summed E-state index contributed by atoms with van der Waals surface area (Å²) in [7, 11) is 0. The topological polar surface area (TPSA) is 69.6 Å². The van der Waals surface area contributed by atoms with Crippen molar-refractivity contribution in [1.29, 1.82) is 0 Å². The van der Waals surface area contributed by atoms with Gasteiger partial charge in [0.2, 0.25) is 0 Å². The maximum Gasteiger partial charge on any atom is 0.183 e. The highest BCUT2D eigenvalue weighted by Crippen LogP contribution is 2.36. The third kappa shape index (κ3) is 2.81. The van der Waals surface area contributed by atoms with Gasteiger partial charge in [-0.05, 0) is 57.2 Å². The van der Waals surface area contributed by atoms with Crippen LogP contribution in [0.4, 0.5) is 5.69 Å². The highest BCUT2D eigenvalue weighted by molar-refractivity contribution is 9.10. The van der Waals surface area contributed by atoms with Crippen molar-refractivity contribution >= 4 is 21.6 Å². The minimum atomic E-state index is 0.367. The third-order valence-corrected chi connectivity index (χ3v) is 5.28. The van der Waals surface area contributed by atoms with Gasteiger partial charge in [-0.15, -0.1) is 5.10 Å². The minimum absolute atomic E-state index is 0.367. The van der Waals surface area contributed by atoms with Crippen molar-refractivity contribution in [2.24, 2.45) is 5.92 Å². The quantitative estimate of drug-likeness (QED) is 0.660. The zero-order chi connectivity index (χ0) is 14.8. The molecule has 1 aromatic carbocycles. The molecule has 2 unspecified atom stereocenters. The molecule has 1 heterocycles. The van der Waals surface area contributed by atoms with Crippen LogP contribution in [0.15, 0.2) is 22.7 Å². The molecule has 21 heavy (non-hydrogen) atoms. The first kappa shape index (κ1) is 14.5. The van der Waals surface area contributed by atoms with Crippen molar-refractivity contribution in [2.45, 2.75) is 45.1 Å². The molecule has 2 atom stereocenters. The molecular weight excluding hydrogens is 330 g/mol. The summed E-state index contributed by atoms with van der Waals surface area (Å²) >= 11 is 3.56. The van der Waals surface area contributed by atoms with Crippen LogP contribution >= 0.6 is 15.9 Å². The standard InChI is InChI=1S/C15H20BrN5/c1-10-6-3-2-4-9-13(10)21-15(18-19-20-21)11-7-5-8-12(17)14(11)16/h5,7-8,10,13H,2-4,6,9,17H2,1H3. The fraction of sp³-hybridized carbons (Fsp3) is 0.533. The number of nitrogen functional groups attached to an aromatic ring is 1. The highest BCUT2D eigenvalue weighted by Gasteiger charge is 2.26. The molecule has 2 aromatic rings. The summed E-state index contributed by atoms with van der Waals surface area (Å²) in [5.74, 6) is 1.39. The smallest absolute Gasteiger partial charge is 0.183 e. The number of halogens is 1. The van der Waals surface area contributed by atoms with E-state index in [2.05, 4.69) is 38.4 Å². The number of aromatic nitrogens is 4. The van der Waals surface area contributed by atoms with E-state index in [1.807, 2.05) is 22.9 Å². The molecule has 1 aromatic heterocycles. The predicted octanol–water partition coefficient (Wildman–Crippen LogP) is 3.83. The molecule has 0 radical (unpaired) electrons. The van der Waals surface area contributed by atoms with Gasteiger partial charge in [0.15, 0.2) is 5.82 Å². The molecule has 1 saturated carbocycles. The minimum Gasteiger partial charge on any atom is -0.398 e. The van der Waals surface area contributed by atoms with Crippen LogP contribution in [0.3, 0.4) is 0 Å². The Labute approximate surface area is 133 Å². The number of tetrazole rings is 1. The third-order valence-electron chi connectivity index (χ3n) is 4.39. The Bertz CT molecular complexity index is 624. The Balaban J connectivity index is 2.02. The van der Waals surface area contributed by atoms with Crippen LogP contribution in [0, 0.1) is 5.92 Å². The van der Waals surface area contributed by atoms with Crippen LogP contribution in [0.1, 0.15) is 45.1 Å². The lowest BCUT2D eigenvalue weighted by Crippen LogP contribution is -2.18. The number of hydrogen-bond acceptors (Lipinski definition) is 4. The van der Waals surface area contributed by atoms with E-state index in [9.17, 15) is 0 Å². The summed E-state index contributed by atoms with van der Waals surface area (Å²) in [5, 5.41) is 12.4. The maximum absolute atomic E-state index is 5.98. The number of hydrogen-bond donors (Lipinski definition) is 1. The molecule has 0 saturated heterocycles. The van der Waals surface area contributed by atoms with E-state index in [0.717, 1.165) is 22.3 Å². The number of nitrogens with zero attached hydrogens (tertiary/aromatic N) is 4. The average molecular weight is 350 g/mol. The Kier molecular flexibility index (Phi) is 4.24. The monoisotopic (exact) mass is 349 g/mol. The van der Waals surface area contributed by atoms with Crippen molar-refractivity contribution < 1.29 is 0 Å². The van der Waals surface area contributed by atoms with Crippen LogP contribution < -0.4 is 5.73 Å². The normalized spacial score (nSPS) is 23.0. The van der Waals surface area contributed by atoms with Crippen molar-refractivity contribution in [3.05, 3.63) is 22.7 Å². The van der Waals surface area contributed by atoms with Crippen LogP contribution in [0.5, 0.6) is 0 Å². The van der Waals surface area contributed by atoms with Gasteiger partial charge in [-0.2, -0.15) is 0 Å². The van der Waals surface area contributed by atoms with Crippen LogP contribution in [-0.4, -0.2) is 20.2 Å². The van der Waals surface area contributed by atoms with E-state index in [1.165, 1.54) is 25.7 Å². The first-order valence-corrected chi connectivity index (χ1v) is 8.30. The van der Waals surface area contributed by atoms with Gasteiger partial charge in [-0.1, -0.05) is 32.3 Å². The summed E-state index contributed by atoms with van der Waals surface area (Å²) in [5.41, 5.74) is 7.64. The summed E-state index contributed by atoms with van der Waals surface area (Å²) < 4.78 is 2.86. The van der Waals surface area contributed by atoms with Crippen LogP contribution in [0.25, 0.3) is 11.4 Å². The van der Waals surface area contributed by atoms with Gasteiger partial charge in [0.25, 0.3) is 0 Å². The molecule has 5 nitrogen and oxygen atoms in total. The molecule has 1 aliphatic rings. The zero-order valence-corrected chi connectivity index (χ0v) is 13.8. The summed E-state index contributed by atoms with van der Waals surface area (Å²) in [4.78, 5) is 0. The molecule has 3 rings (SSSR count). The Hall–Kier alpha value is -1.43. The SMILES string of the molecule is CC1CCCCCC1n1nnnc1-c1cccc(N)c1Br. The van der Waals surface area contributed by atoms with Gasteiger partial charge in [-0.25, -0.2) is 4.68 Å². The fourth-order valence-electron chi connectivity index (χ4n) is 3.15. The molecule has 1 aliphatic carbocycles. The van der Waals surface area contributed by atoms with Gasteiger partial charge in [-0.3, -0.25) is 0 Å². The zero-order valence-electron chi connectivity index (χ0n) is 12.2. The maximum atomic E-state index is 5.98. The molecule has 0 spiro atoms. The molecular formula is C15H20BrN5. The summed E-state index contributed by atoms with van der Waals surface area (Å²) in [6.07, 6.45) is 6.23. The Morgan fingerprint density at radius 3 is 2.90 bits per heavy atom. The van der Waals surface area contributed by atoms with Gasteiger partial charge >= 0.3 is 0 Å². The average Bonchev–Trinajstić information content (AvgIpc) is 2.84. The number of rotatable bonds is 2. The van der Waals surface area contributed by atoms with E-state index in [4.69, 9.17) is 5.73 Å². The molecule has 0 aliphatic heterocycles. The number of benzene rings is 1. The molecule has 2 N–H and O–H groups in total. The first-order chi connectivity index (χ1) is 10.2.